The zero-order chi connectivity index (χ0) is 13.0. The standard InChI is InChI=1S/C14H20N4/c1-7-8(2)18(9(3)11-5-6-11)14-12(7)13(15)16-10(4)17-14/h9,11H,5-6H2,1-4H3,(H2,15,16,17). The fraction of sp³-hybridized carbons (Fsp3) is 0.571. The molecule has 1 aliphatic rings. The van der Waals surface area contributed by atoms with Gasteiger partial charge in [0.25, 0.3) is 0 Å². The topological polar surface area (TPSA) is 56.7 Å². The molecule has 2 aromatic heterocycles. The van der Waals surface area contributed by atoms with E-state index in [1.807, 2.05) is 6.92 Å². The average Bonchev–Trinajstić information content (AvgIpc) is 3.08. The number of nitrogens with zero attached hydrogens (tertiary/aromatic N) is 3. The van der Waals surface area contributed by atoms with Gasteiger partial charge in [0, 0.05) is 11.7 Å². The highest BCUT2D eigenvalue weighted by molar-refractivity contribution is 5.91. The molecule has 4 heteroatoms. The highest BCUT2D eigenvalue weighted by atomic mass is 15.1. The predicted molar refractivity (Wildman–Crippen MR) is 73.6 cm³/mol. The number of nitrogen functional groups attached to an aromatic ring is 1. The van der Waals surface area contributed by atoms with E-state index in [4.69, 9.17) is 5.73 Å². The lowest BCUT2D eigenvalue weighted by Crippen LogP contribution is -2.10. The van der Waals surface area contributed by atoms with E-state index >= 15 is 0 Å². The van der Waals surface area contributed by atoms with Crippen LogP contribution in [0.15, 0.2) is 0 Å². The first-order chi connectivity index (χ1) is 8.50. The molecule has 0 saturated heterocycles. The second kappa shape index (κ2) is 3.70. The fourth-order valence-corrected chi connectivity index (χ4v) is 2.92. The van der Waals surface area contributed by atoms with Crippen molar-refractivity contribution in [2.24, 2.45) is 5.92 Å². The van der Waals surface area contributed by atoms with Crippen LogP contribution in [0.4, 0.5) is 5.82 Å². The van der Waals surface area contributed by atoms with Crippen molar-refractivity contribution in [2.45, 2.75) is 46.6 Å². The number of hydrogen-bond donors (Lipinski definition) is 1. The average molecular weight is 244 g/mol. The summed E-state index contributed by atoms with van der Waals surface area (Å²) in [6.07, 6.45) is 2.66. The third-order valence-corrected chi connectivity index (χ3v) is 4.25. The summed E-state index contributed by atoms with van der Waals surface area (Å²) in [5.41, 5.74) is 9.57. The van der Waals surface area contributed by atoms with E-state index in [1.165, 1.54) is 24.1 Å². The Labute approximate surface area is 107 Å². The van der Waals surface area contributed by atoms with Crippen molar-refractivity contribution in [1.82, 2.24) is 14.5 Å². The summed E-state index contributed by atoms with van der Waals surface area (Å²) in [7, 11) is 0. The Morgan fingerprint density at radius 3 is 2.50 bits per heavy atom. The molecule has 1 aliphatic carbocycles. The Bertz CT molecular complexity index is 622. The molecule has 1 atom stereocenters. The molecule has 0 aromatic carbocycles. The first-order valence-corrected chi connectivity index (χ1v) is 6.62. The summed E-state index contributed by atoms with van der Waals surface area (Å²) < 4.78 is 2.35. The van der Waals surface area contributed by atoms with Crippen LogP contribution in [-0.2, 0) is 0 Å². The zero-order valence-corrected chi connectivity index (χ0v) is 11.5. The van der Waals surface area contributed by atoms with Crippen LogP contribution in [0.2, 0.25) is 0 Å². The molecule has 96 valence electrons. The minimum absolute atomic E-state index is 0.509. The molecule has 3 rings (SSSR count). The third-order valence-electron chi connectivity index (χ3n) is 4.25. The van der Waals surface area contributed by atoms with Gasteiger partial charge in [0.1, 0.15) is 17.3 Å². The maximum atomic E-state index is 6.07. The van der Waals surface area contributed by atoms with Gasteiger partial charge in [-0.1, -0.05) is 0 Å². The van der Waals surface area contributed by atoms with E-state index < -0.39 is 0 Å². The third kappa shape index (κ3) is 1.51. The number of hydrogen-bond acceptors (Lipinski definition) is 3. The van der Waals surface area contributed by atoms with Crippen LogP contribution in [0, 0.1) is 26.7 Å². The minimum Gasteiger partial charge on any atom is -0.383 e. The molecule has 1 unspecified atom stereocenters. The molecule has 2 heterocycles. The largest absolute Gasteiger partial charge is 0.383 e. The van der Waals surface area contributed by atoms with Crippen LogP contribution in [0.1, 0.15) is 42.9 Å². The molecule has 0 aliphatic heterocycles. The molecule has 0 radical (unpaired) electrons. The van der Waals surface area contributed by atoms with Crippen LogP contribution < -0.4 is 5.73 Å². The van der Waals surface area contributed by atoms with E-state index in [9.17, 15) is 0 Å². The van der Waals surface area contributed by atoms with Crippen LogP contribution >= 0.6 is 0 Å². The Morgan fingerprint density at radius 2 is 1.89 bits per heavy atom. The highest BCUT2D eigenvalue weighted by Gasteiger charge is 2.31. The summed E-state index contributed by atoms with van der Waals surface area (Å²) in [6.45, 7) is 8.46. The number of nitrogens with two attached hydrogens (primary N) is 1. The number of aromatic nitrogens is 3. The number of rotatable bonds is 2. The van der Waals surface area contributed by atoms with Gasteiger partial charge in [-0.3, -0.25) is 0 Å². The molecule has 2 N–H and O–H groups in total. The fourth-order valence-electron chi connectivity index (χ4n) is 2.92. The molecule has 0 bridgehead atoms. The van der Waals surface area contributed by atoms with Crippen molar-refractivity contribution < 1.29 is 0 Å². The van der Waals surface area contributed by atoms with Crippen LogP contribution in [0.25, 0.3) is 11.0 Å². The lowest BCUT2D eigenvalue weighted by Gasteiger charge is -2.16. The van der Waals surface area contributed by atoms with E-state index in [-0.39, 0.29) is 0 Å². The van der Waals surface area contributed by atoms with Crippen LogP contribution in [-0.4, -0.2) is 14.5 Å². The highest BCUT2D eigenvalue weighted by Crippen LogP contribution is 2.42. The molecule has 18 heavy (non-hydrogen) atoms. The van der Waals surface area contributed by atoms with E-state index in [0.29, 0.717) is 11.9 Å². The molecule has 0 spiro atoms. The van der Waals surface area contributed by atoms with Crippen LogP contribution in [0.3, 0.4) is 0 Å². The lowest BCUT2D eigenvalue weighted by molar-refractivity contribution is 0.488. The Balaban J connectivity index is 2.32. The van der Waals surface area contributed by atoms with Gasteiger partial charge in [-0.25, -0.2) is 9.97 Å². The van der Waals surface area contributed by atoms with Crippen molar-refractivity contribution in [3.8, 4) is 0 Å². The summed E-state index contributed by atoms with van der Waals surface area (Å²) in [6, 6.07) is 0.509. The number of aryl methyl sites for hydroxylation is 2. The second-order valence-electron chi connectivity index (χ2n) is 5.51. The molecule has 0 amide bonds. The van der Waals surface area contributed by atoms with Crippen molar-refractivity contribution in [1.29, 1.82) is 0 Å². The lowest BCUT2D eigenvalue weighted by atomic mass is 10.2. The summed E-state index contributed by atoms with van der Waals surface area (Å²) in [5, 5.41) is 1.03. The van der Waals surface area contributed by atoms with E-state index in [0.717, 1.165) is 22.8 Å². The normalized spacial score (nSPS) is 17.3. The minimum atomic E-state index is 0.509. The van der Waals surface area contributed by atoms with Gasteiger partial charge in [0.15, 0.2) is 0 Å². The molecule has 2 aromatic rings. The summed E-state index contributed by atoms with van der Waals surface area (Å²) >= 11 is 0. The second-order valence-corrected chi connectivity index (χ2v) is 5.51. The first-order valence-electron chi connectivity index (χ1n) is 6.62. The molecular formula is C14H20N4. The van der Waals surface area contributed by atoms with Gasteiger partial charge in [-0.05, 0) is 52.0 Å². The van der Waals surface area contributed by atoms with E-state index in [2.05, 4.69) is 35.3 Å². The van der Waals surface area contributed by atoms with Gasteiger partial charge in [0.2, 0.25) is 0 Å². The Morgan fingerprint density at radius 1 is 1.22 bits per heavy atom. The SMILES string of the molecule is Cc1nc(N)c2c(C)c(C)n(C(C)C3CC3)c2n1. The number of anilines is 1. The monoisotopic (exact) mass is 244 g/mol. The molecule has 1 saturated carbocycles. The predicted octanol–water partition coefficient (Wildman–Crippen LogP) is 2.91. The Kier molecular flexibility index (Phi) is 2.37. The van der Waals surface area contributed by atoms with Crippen molar-refractivity contribution in [3.05, 3.63) is 17.1 Å². The maximum Gasteiger partial charge on any atom is 0.146 e. The molecular weight excluding hydrogens is 224 g/mol. The molecule has 1 fully saturated rings. The molecule has 4 nitrogen and oxygen atoms in total. The zero-order valence-electron chi connectivity index (χ0n) is 11.5. The Hall–Kier alpha value is -1.58. The van der Waals surface area contributed by atoms with Gasteiger partial charge in [-0.15, -0.1) is 0 Å². The maximum absolute atomic E-state index is 6.07. The van der Waals surface area contributed by atoms with Gasteiger partial charge >= 0.3 is 0 Å². The smallest absolute Gasteiger partial charge is 0.146 e. The van der Waals surface area contributed by atoms with Gasteiger partial charge < -0.3 is 10.3 Å². The summed E-state index contributed by atoms with van der Waals surface area (Å²) in [5.74, 6) is 2.16. The van der Waals surface area contributed by atoms with Crippen LogP contribution in [0.5, 0.6) is 0 Å². The van der Waals surface area contributed by atoms with Gasteiger partial charge in [0.05, 0.1) is 5.39 Å². The number of fused-ring (bicyclic) bond motifs is 1. The van der Waals surface area contributed by atoms with Crippen molar-refractivity contribution >= 4 is 16.9 Å². The van der Waals surface area contributed by atoms with Crippen molar-refractivity contribution in [2.75, 3.05) is 5.73 Å². The first kappa shape index (κ1) is 11.5. The quantitative estimate of drug-likeness (QED) is 0.883. The summed E-state index contributed by atoms with van der Waals surface area (Å²) in [4.78, 5) is 8.91. The van der Waals surface area contributed by atoms with Gasteiger partial charge in [-0.2, -0.15) is 0 Å². The van der Waals surface area contributed by atoms with Crippen molar-refractivity contribution in [3.63, 3.8) is 0 Å². The van der Waals surface area contributed by atoms with E-state index in [1.54, 1.807) is 0 Å².